The van der Waals surface area contributed by atoms with E-state index in [0.717, 1.165) is 18.9 Å². The summed E-state index contributed by atoms with van der Waals surface area (Å²) in [4.78, 5) is 0. The van der Waals surface area contributed by atoms with Crippen molar-refractivity contribution in [1.29, 1.82) is 0 Å². The lowest BCUT2D eigenvalue weighted by Crippen LogP contribution is -2.07. The molecule has 0 unspecified atom stereocenters. The summed E-state index contributed by atoms with van der Waals surface area (Å²) in [5.41, 5.74) is 3.83. The average molecular weight is 277 g/mol. The van der Waals surface area contributed by atoms with Gasteiger partial charge in [0.05, 0.1) is 6.61 Å². The SMILES string of the molecule is CCCCCCCCOc1c(C)cc(CNC)cc1C. The van der Waals surface area contributed by atoms with Crippen LogP contribution in [0, 0.1) is 13.8 Å². The zero-order valence-electron chi connectivity index (χ0n) is 13.7. The van der Waals surface area contributed by atoms with Gasteiger partial charge in [-0.15, -0.1) is 0 Å². The molecule has 1 N–H and O–H groups in total. The van der Waals surface area contributed by atoms with Crippen LogP contribution in [0.2, 0.25) is 0 Å². The first kappa shape index (κ1) is 17.0. The third-order valence-corrected chi connectivity index (χ3v) is 3.65. The highest BCUT2D eigenvalue weighted by Gasteiger charge is 2.06. The number of unbranched alkanes of at least 4 members (excludes halogenated alkanes) is 5. The fourth-order valence-corrected chi connectivity index (χ4v) is 2.63. The Morgan fingerprint density at radius 1 is 0.950 bits per heavy atom. The Bertz CT molecular complexity index is 364. The molecule has 0 aliphatic carbocycles. The first-order valence-corrected chi connectivity index (χ1v) is 8.06. The van der Waals surface area contributed by atoms with Crippen LogP contribution >= 0.6 is 0 Å². The van der Waals surface area contributed by atoms with E-state index in [0.29, 0.717) is 0 Å². The Kier molecular flexibility index (Phi) is 8.36. The largest absolute Gasteiger partial charge is 0.493 e. The summed E-state index contributed by atoms with van der Waals surface area (Å²) >= 11 is 0. The quantitative estimate of drug-likeness (QED) is 0.622. The summed E-state index contributed by atoms with van der Waals surface area (Å²) in [6, 6.07) is 4.44. The Morgan fingerprint density at radius 2 is 1.55 bits per heavy atom. The molecule has 0 fully saturated rings. The first-order valence-electron chi connectivity index (χ1n) is 8.06. The van der Waals surface area contributed by atoms with E-state index in [1.807, 2.05) is 7.05 Å². The Balaban J connectivity index is 2.36. The van der Waals surface area contributed by atoms with Crippen molar-refractivity contribution in [2.24, 2.45) is 0 Å². The number of ether oxygens (including phenoxy) is 1. The van der Waals surface area contributed by atoms with Crippen LogP contribution in [-0.2, 0) is 6.54 Å². The predicted octanol–water partition coefficient (Wildman–Crippen LogP) is 4.76. The summed E-state index contributed by atoms with van der Waals surface area (Å²) in [5, 5.41) is 3.19. The van der Waals surface area contributed by atoms with Crippen molar-refractivity contribution in [2.45, 2.75) is 65.8 Å². The van der Waals surface area contributed by atoms with E-state index in [1.54, 1.807) is 0 Å². The van der Waals surface area contributed by atoms with E-state index in [1.165, 1.54) is 55.2 Å². The molecule has 114 valence electrons. The van der Waals surface area contributed by atoms with Crippen molar-refractivity contribution in [2.75, 3.05) is 13.7 Å². The van der Waals surface area contributed by atoms with Gasteiger partial charge in [-0.1, -0.05) is 51.2 Å². The maximum Gasteiger partial charge on any atom is 0.125 e. The molecule has 20 heavy (non-hydrogen) atoms. The van der Waals surface area contributed by atoms with E-state index in [2.05, 4.69) is 38.2 Å². The monoisotopic (exact) mass is 277 g/mol. The third kappa shape index (κ3) is 5.96. The molecule has 1 aromatic carbocycles. The standard InChI is InChI=1S/C18H31NO/c1-5-6-7-8-9-10-11-20-18-15(2)12-17(14-19-4)13-16(18)3/h12-13,19H,5-11,14H2,1-4H3. The predicted molar refractivity (Wildman–Crippen MR) is 87.6 cm³/mol. The molecule has 0 atom stereocenters. The minimum atomic E-state index is 0.846. The van der Waals surface area contributed by atoms with Gasteiger partial charge in [0.15, 0.2) is 0 Å². The lowest BCUT2D eigenvalue weighted by molar-refractivity contribution is 0.300. The zero-order valence-corrected chi connectivity index (χ0v) is 13.7. The number of benzene rings is 1. The van der Waals surface area contributed by atoms with E-state index in [9.17, 15) is 0 Å². The molecule has 2 nitrogen and oxygen atoms in total. The molecule has 2 heteroatoms. The van der Waals surface area contributed by atoms with Crippen LogP contribution < -0.4 is 10.1 Å². The molecule has 0 heterocycles. The summed E-state index contributed by atoms with van der Waals surface area (Å²) in [7, 11) is 1.98. The van der Waals surface area contributed by atoms with Crippen LogP contribution in [0.5, 0.6) is 5.75 Å². The molecule has 0 amide bonds. The molecule has 0 radical (unpaired) electrons. The van der Waals surface area contributed by atoms with Crippen molar-refractivity contribution in [3.63, 3.8) is 0 Å². The summed E-state index contributed by atoms with van der Waals surface area (Å²) in [6.45, 7) is 8.30. The fourth-order valence-electron chi connectivity index (χ4n) is 2.63. The van der Waals surface area contributed by atoms with Crippen LogP contribution in [0.25, 0.3) is 0 Å². The number of hydrogen-bond acceptors (Lipinski definition) is 2. The van der Waals surface area contributed by atoms with Gasteiger partial charge in [0.25, 0.3) is 0 Å². The molecular weight excluding hydrogens is 246 g/mol. The fraction of sp³-hybridized carbons (Fsp3) is 0.667. The Hall–Kier alpha value is -1.02. The lowest BCUT2D eigenvalue weighted by atomic mass is 10.1. The molecule has 0 saturated heterocycles. The Labute approximate surface area is 124 Å². The van der Waals surface area contributed by atoms with Crippen molar-refractivity contribution in [3.05, 3.63) is 28.8 Å². The van der Waals surface area contributed by atoms with Crippen molar-refractivity contribution in [1.82, 2.24) is 5.32 Å². The normalized spacial score (nSPS) is 10.8. The van der Waals surface area contributed by atoms with Gasteiger partial charge in [-0.25, -0.2) is 0 Å². The highest BCUT2D eigenvalue weighted by atomic mass is 16.5. The van der Waals surface area contributed by atoms with Gasteiger partial charge >= 0.3 is 0 Å². The zero-order chi connectivity index (χ0) is 14.8. The molecule has 0 saturated carbocycles. The van der Waals surface area contributed by atoms with Crippen molar-refractivity contribution < 1.29 is 4.74 Å². The second-order valence-electron chi connectivity index (χ2n) is 5.71. The van der Waals surface area contributed by atoms with Crippen LogP contribution in [0.4, 0.5) is 0 Å². The number of aryl methyl sites for hydroxylation is 2. The van der Waals surface area contributed by atoms with E-state index >= 15 is 0 Å². The smallest absolute Gasteiger partial charge is 0.125 e. The van der Waals surface area contributed by atoms with E-state index in [4.69, 9.17) is 4.74 Å². The summed E-state index contributed by atoms with van der Waals surface area (Å²) in [6.07, 6.45) is 7.85. The molecule has 1 rings (SSSR count). The molecule has 0 aliphatic heterocycles. The van der Waals surface area contributed by atoms with Crippen LogP contribution in [0.15, 0.2) is 12.1 Å². The van der Waals surface area contributed by atoms with Gasteiger partial charge < -0.3 is 10.1 Å². The molecule has 0 bridgehead atoms. The molecule has 0 aliphatic rings. The van der Waals surface area contributed by atoms with Gasteiger partial charge in [-0.05, 0) is 44.0 Å². The van der Waals surface area contributed by atoms with Crippen molar-refractivity contribution in [3.8, 4) is 5.75 Å². The van der Waals surface area contributed by atoms with Gasteiger partial charge in [-0.2, -0.15) is 0 Å². The van der Waals surface area contributed by atoms with Gasteiger partial charge in [0.1, 0.15) is 5.75 Å². The molecule has 1 aromatic rings. The molecule has 0 aromatic heterocycles. The molecule has 0 spiro atoms. The summed E-state index contributed by atoms with van der Waals surface area (Å²) < 4.78 is 5.99. The second kappa shape index (κ2) is 9.82. The maximum atomic E-state index is 5.99. The average Bonchev–Trinajstić information content (AvgIpc) is 2.40. The number of hydrogen-bond donors (Lipinski definition) is 1. The minimum absolute atomic E-state index is 0.846. The second-order valence-corrected chi connectivity index (χ2v) is 5.71. The van der Waals surface area contributed by atoms with Crippen LogP contribution in [0.1, 0.15) is 62.1 Å². The topological polar surface area (TPSA) is 21.3 Å². The first-order chi connectivity index (χ1) is 9.69. The van der Waals surface area contributed by atoms with Crippen molar-refractivity contribution >= 4 is 0 Å². The Morgan fingerprint density at radius 3 is 2.15 bits per heavy atom. The summed E-state index contributed by atoms with van der Waals surface area (Å²) in [5.74, 6) is 1.08. The van der Waals surface area contributed by atoms with E-state index in [-0.39, 0.29) is 0 Å². The number of rotatable bonds is 10. The highest BCUT2D eigenvalue weighted by molar-refractivity contribution is 5.43. The van der Waals surface area contributed by atoms with E-state index < -0.39 is 0 Å². The number of nitrogens with one attached hydrogen (secondary N) is 1. The lowest BCUT2D eigenvalue weighted by Gasteiger charge is -2.14. The van der Waals surface area contributed by atoms with Gasteiger partial charge in [-0.3, -0.25) is 0 Å². The maximum absolute atomic E-state index is 5.99. The van der Waals surface area contributed by atoms with Crippen LogP contribution in [0.3, 0.4) is 0 Å². The minimum Gasteiger partial charge on any atom is -0.493 e. The molecular formula is C18H31NO. The van der Waals surface area contributed by atoms with Crippen LogP contribution in [-0.4, -0.2) is 13.7 Å². The third-order valence-electron chi connectivity index (χ3n) is 3.65. The van der Waals surface area contributed by atoms with Gasteiger partial charge in [0.2, 0.25) is 0 Å². The highest BCUT2D eigenvalue weighted by Crippen LogP contribution is 2.25. The van der Waals surface area contributed by atoms with Gasteiger partial charge in [0, 0.05) is 6.54 Å².